The maximum Gasteiger partial charge on any atom is 0.293 e. The van der Waals surface area contributed by atoms with E-state index in [9.17, 15) is 18.8 Å². The fraction of sp³-hybridized carbons (Fsp3) is 0.0952. The highest BCUT2D eigenvalue weighted by atomic mass is 32.2. The highest BCUT2D eigenvalue weighted by Crippen LogP contribution is 2.32. The van der Waals surface area contributed by atoms with Crippen molar-refractivity contribution < 1.29 is 18.8 Å². The molecule has 3 heterocycles. The lowest BCUT2D eigenvalue weighted by Gasteiger charge is -2.13. The molecule has 4 rings (SSSR count). The zero-order valence-corrected chi connectivity index (χ0v) is 17.2. The van der Waals surface area contributed by atoms with Crippen LogP contribution >= 0.6 is 23.1 Å². The van der Waals surface area contributed by atoms with E-state index in [1.165, 1.54) is 35.6 Å². The minimum atomic E-state index is -0.423. The topological polar surface area (TPSA) is 71.4 Å². The summed E-state index contributed by atoms with van der Waals surface area (Å²) < 4.78 is 14.9. The summed E-state index contributed by atoms with van der Waals surface area (Å²) in [5.41, 5.74) is 1.40. The van der Waals surface area contributed by atoms with Gasteiger partial charge in [0.1, 0.15) is 10.7 Å². The summed E-state index contributed by atoms with van der Waals surface area (Å²) in [5.74, 6) is -1.06. The van der Waals surface area contributed by atoms with E-state index in [4.69, 9.17) is 0 Å². The number of nitrogens with zero attached hydrogens (tertiary/aromatic N) is 2. The van der Waals surface area contributed by atoms with Gasteiger partial charge in [0.25, 0.3) is 17.1 Å². The Bertz CT molecular complexity index is 1120. The minimum absolute atomic E-state index is 0.0708. The molecule has 6 nitrogen and oxygen atoms in total. The molecule has 9 heteroatoms. The molecular formula is C21H16FN3O3S2. The molecule has 1 aliphatic heterocycles. The lowest BCUT2D eigenvalue weighted by molar-refractivity contribution is -0.122. The van der Waals surface area contributed by atoms with E-state index in [0.717, 1.165) is 22.3 Å². The Kier molecular flexibility index (Phi) is 5.82. The number of rotatable bonds is 6. The molecule has 1 aromatic carbocycles. The molecule has 0 spiro atoms. The fourth-order valence-electron chi connectivity index (χ4n) is 2.94. The van der Waals surface area contributed by atoms with E-state index >= 15 is 0 Å². The van der Waals surface area contributed by atoms with Gasteiger partial charge in [-0.05, 0) is 59.1 Å². The number of aromatic nitrogens is 1. The molecule has 3 amide bonds. The number of thioether (sulfide) groups is 1. The summed E-state index contributed by atoms with van der Waals surface area (Å²) in [6.45, 7) is 0.213. The molecule has 0 radical (unpaired) electrons. The maximum absolute atomic E-state index is 13.0. The summed E-state index contributed by atoms with van der Waals surface area (Å²) in [6, 6.07) is 11.3. The maximum atomic E-state index is 13.0. The average molecular weight is 442 g/mol. The van der Waals surface area contributed by atoms with Gasteiger partial charge in [0.05, 0.1) is 10.6 Å². The number of hydrogen-bond acceptors (Lipinski definition) is 5. The molecule has 0 aliphatic carbocycles. The second-order valence-electron chi connectivity index (χ2n) is 6.37. The van der Waals surface area contributed by atoms with Crippen molar-refractivity contribution in [1.82, 2.24) is 14.8 Å². The summed E-state index contributed by atoms with van der Waals surface area (Å²) in [5, 5.41) is 4.21. The van der Waals surface area contributed by atoms with Gasteiger partial charge in [-0.1, -0.05) is 12.1 Å². The lowest BCUT2D eigenvalue weighted by atomic mass is 10.2. The quantitative estimate of drug-likeness (QED) is 0.584. The number of halogens is 1. The van der Waals surface area contributed by atoms with Crippen LogP contribution in [-0.4, -0.2) is 39.6 Å². The van der Waals surface area contributed by atoms with E-state index in [2.05, 4.69) is 5.32 Å². The third-order valence-corrected chi connectivity index (χ3v) is 6.21. The standard InChI is InChI=1S/C21H16FN3O3S2/c22-15-5-3-14(4-6-15)13-17-20(27)25(21(28)30-17)11-8-23-19(26)18-16(7-12-29-18)24-9-1-2-10-24/h1-7,9-10,12-13H,8,11H2,(H,23,26)/b17-13+. The first kappa shape index (κ1) is 20.1. The van der Waals surface area contributed by atoms with Gasteiger partial charge in [0.2, 0.25) is 0 Å². The van der Waals surface area contributed by atoms with Gasteiger partial charge in [-0.15, -0.1) is 11.3 Å². The minimum Gasteiger partial charge on any atom is -0.349 e. The van der Waals surface area contributed by atoms with Crippen LogP contribution in [0.15, 0.2) is 65.1 Å². The Hall–Kier alpha value is -3.17. The van der Waals surface area contributed by atoms with Gasteiger partial charge in [-0.25, -0.2) is 4.39 Å². The largest absolute Gasteiger partial charge is 0.349 e. The van der Waals surface area contributed by atoms with Crippen LogP contribution in [0.4, 0.5) is 9.18 Å². The Balaban J connectivity index is 1.37. The number of thiophene rings is 1. The molecule has 3 aromatic rings. The van der Waals surface area contributed by atoms with Gasteiger partial charge < -0.3 is 9.88 Å². The predicted octanol–water partition coefficient (Wildman–Crippen LogP) is 4.14. The van der Waals surface area contributed by atoms with Crippen molar-refractivity contribution >= 4 is 46.2 Å². The Labute approximate surface area is 180 Å². The number of benzene rings is 1. The summed E-state index contributed by atoms with van der Waals surface area (Å²) in [4.78, 5) is 39.2. The van der Waals surface area contributed by atoms with E-state index in [0.29, 0.717) is 10.4 Å². The zero-order valence-electron chi connectivity index (χ0n) is 15.6. The van der Waals surface area contributed by atoms with E-state index < -0.39 is 11.1 Å². The second-order valence-corrected chi connectivity index (χ2v) is 8.28. The first-order chi connectivity index (χ1) is 14.5. The first-order valence-corrected chi connectivity index (χ1v) is 10.7. The number of amides is 3. The normalized spacial score (nSPS) is 15.2. The average Bonchev–Trinajstić information content (AvgIpc) is 3.46. The smallest absolute Gasteiger partial charge is 0.293 e. The first-order valence-electron chi connectivity index (χ1n) is 9.03. The molecule has 0 saturated carbocycles. The second kappa shape index (κ2) is 8.68. The van der Waals surface area contributed by atoms with Gasteiger partial charge in [-0.2, -0.15) is 0 Å². The van der Waals surface area contributed by atoms with Gasteiger partial charge in [0.15, 0.2) is 0 Å². The van der Waals surface area contributed by atoms with Gasteiger partial charge in [-0.3, -0.25) is 19.3 Å². The summed E-state index contributed by atoms with van der Waals surface area (Å²) >= 11 is 2.15. The predicted molar refractivity (Wildman–Crippen MR) is 115 cm³/mol. The van der Waals surface area contributed by atoms with Crippen molar-refractivity contribution in [1.29, 1.82) is 0 Å². The lowest BCUT2D eigenvalue weighted by Crippen LogP contribution is -2.37. The summed E-state index contributed by atoms with van der Waals surface area (Å²) in [7, 11) is 0. The van der Waals surface area contributed by atoms with Crippen molar-refractivity contribution in [3.63, 3.8) is 0 Å². The fourth-order valence-corrected chi connectivity index (χ4v) is 4.61. The molecule has 1 fully saturated rings. The van der Waals surface area contributed by atoms with Gasteiger partial charge >= 0.3 is 0 Å². The summed E-state index contributed by atoms with van der Waals surface area (Å²) in [6.07, 6.45) is 5.26. The van der Waals surface area contributed by atoms with Crippen molar-refractivity contribution in [2.45, 2.75) is 0 Å². The molecular weight excluding hydrogens is 425 g/mol. The Morgan fingerprint density at radius 1 is 1.10 bits per heavy atom. The van der Waals surface area contributed by atoms with E-state index in [-0.39, 0.29) is 29.7 Å². The molecule has 1 saturated heterocycles. The molecule has 0 unspecified atom stereocenters. The van der Waals surface area contributed by atoms with Crippen LogP contribution in [0.2, 0.25) is 0 Å². The molecule has 1 N–H and O–H groups in total. The number of carbonyl (C=O) groups is 3. The van der Waals surface area contributed by atoms with E-state index in [1.54, 1.807) is 6.08 Å². The van der Waals surface area contributed by atoms with Crippen molar-refractivity contribution in [3.05, 3.63) is 81.4 Å². The molecule has 152 valence electrons. The van der Waals surface area contributed by atoms with Gasteiger partial charge in [0, 0.05) is 25.5 Å². The number of nitrogens with one attached hydrogen (secondary N) is 1. The highest BCUT2D eigenvalue weighted by Gasteiger charge is 2.34. The molecule has 0 bridgehead atoms. The van der Waals surface area contributed by atoms with Crippen molar-refractivity contribution in [2.75, 3.05) is 13.1 Å². The molecule has 2 aromatic heterocycles. The van der Waals surface area contributed by atoms with Crippen LogP contribution in [0, 0.1) is 5.82 Å². The number of imide groups is 1. The third-order valence-electron chi connectivity index (χ3n) is 4.40. The van der Waals surface area contributed by atoms with Crippen molar-refractivity contribution in [2.24, 2.45) is 0 Å². The molecule has 0 atom stereocenters. The number of carbonyl (C=O) groups excluding carboxylic acids is 3. The van der Waals surface area contributed by atoms with Crippen LogP contribution in [-0.2, 0) is 4.79 Å². The van der Waals surface area contributed by atoms with Crippen LogP contribution in [0.25, 0.3) is 11.8 Å². The van der Waals surface area contributed by atoms with E-state index in [1.807, 2.05) is 40.5 Å². The van der Waals surface area contributed by atoms with Crippen LogP contribution in [0.3, 0.4) is 0 Å². The van der Waals surface area contributed by atoms with Crippen LogP contribution in [0.1, 0.15) is 15.2 Å². The zero-order chi connectivity index (χ0) is 21.1. The van der Waals surface area contributed by atoms with Crippen LogP contribution in [0.5, 0.6) is 0 Å². The third kappa shape index (κ3) is 4.22. The Morgan fingerprint density at radius 2 is 1.83 bits per heavy atom. The highest BCUT2D eigenvalue weighted by molar-refractivity contribution is 8.18. The van der Waals surface area contributed by atoms with Crippen molar-refractivity contribution in [3.8, 4) is 5.69 Å². The molecule has 1 aliphatic rings. The number of hydrogen-bond donors (Lipinski definition) is 1. The Morgan fingerprint density at radius 3 is 2.57 bits per heavy atom. The van der Waals surface area contributed by atoms with Crippen LogP contribution < -0.4 is 5.32 Å². The monoisotopic (exact) mass is 441 g/mol. The molecule has 30 heavy (non-hydrogen) atoms. The SMILES string of the molecule is O=C(NCCN1C(=O)S/C(=C/c2ccc(F)cc2)C1=O)c1sccc1-n1cccc1.